The molecule has 2 rings (SSSR count). The molecule has 0 unspecified atom stereocenters. The molecule has 110 valence electrons. The van der Waals surface area contributed by atoms with Crippen molar-refractivity contribution in [2.75, 3.05) is 20.1 Å². The Kier molecular flexibility index (Phi) is 4.88. The number of carbonyl (C=O) groups excluding carboxylic acids is 1. The number of hydrogen-bond acceptors (Lipinski definition) is 2. The van der Waals surface area contributed by atoms with Gasteiger partial charge in [0.1, 0.15) is 0 Å². The molecule has 1 aliphatic carbocycles. The minimum atomic E-state index is 0.277. The first-order chi connectivity index (χ1) is 8.99. The fourth-order valence-corrected chi connectivity index (χ4v) is 3.00. The van der Waals surface area contributed by atoms with E-state index in [4.69, 9.17) is 0 Å². The summed E-state index contributed by atoms with van der Waals surface area (Å²) in [5.41, 5.74) is 0. The second-order valence-corrected chi connectivity index (χ2v) is 7.00. The van der Waals surface area contributed by atoms with E-state index in [2.05, 4.69) is 37.6 Å². The van der Waals surface area contributed by atoms with E-state index in [1.807, 2.05) is 0 Å². The molecule has 3 nitrogen and oxygen atoms in total. The van der Waals surface area contributed by atoms with Gasteiger partial charge in [0.15, 0.2) is 0 Å². The van der Waals surface area contributed by atoms with Crippen LogP contribution >= 0.6 is 0 Å². The fourth-order valence-electron chi connectivity index (χ4n) is 3.00. The molecule has 0 aromatic carbocycles. The summed E-state index contributed by atoms with van der Waals surface area (Å²) in [7, 11) is 2.17. The van der Waals surface area contributed by atoms with Gasteiger partial charge in [0.25, 0.3) is 0 Å². The van der Waals surface area contributed by atoms with Gasteiger partial charge in [-0.25, -0.2) is 0 Å². The zero-order chi connectivity index (χ0) is 14.0. The van der Waals surface area contributed by atoms with Gasteiger partial charge < -0.3 is 9.80 Å². The maximum atomic E-state index is 12.8. The van der Waals surface area contributed by atoms with Crippen LogP contribution in [0.2, 0.25) is 0 Å². The molecule has 19 heavy (non-hydrogen) atoms. The Hall–Kier alpha value is -0.570. The van der Waals surface area contributed by atoms with Gasteiger partial charge in [-0.15, -0.1) is 0 Å². The molecule has 0 aromatic heterocycles. The van der Waals surface area contributed by atoms with E-state index in [-0.39, 0.29) is 5.92 Å². The molecule has 1 heterocycles. The molecule has 1 aliphatic heterocycles. The number of nitrogens with zero attached hydrogens (tertiary/aromatic N) is 2. The standard InChI is InChI=1S/C16H30N2O/c1-12(2)7-10-18(15-5-6-15)16(19)14-8-9-17(4)13(3)11-14/h12-15H,5-11H2,1-4H3/t13-,14-/m0/s1. The molecule has 1 saturated carbocycles. The largest absolute Gasteiger partial charge is 0.339 e. The molecular formula is C16H30N2O. The van der Waals surface area contributed by atoms with Gasteiger partial charge >= 0.3 is 0 Å². The molecule has 0 aromatic rings. The van der Waals surface area contributed by atoms with Crippen LogP contribution in [-0.4, -0.2) is 47.9 Å². The lowest BCUT2D eigenvalue weighted by Crippen LogP contribution is -2.46. The predicted molar refractivity (Wildman–Crippen MR) is 79.0 cm³/mol. The average Bonchev–Trinajstić information content (AvgIpc) is 3.16. The van der Waals surface area contributed by atoms with Crippen LogP contribution in [0.25, 0.3) is 0 Å². The van der Waals surface area contributed by atoms with E-state index < -0.39 is 0 Å². The second kappa shape index (κ2) is 6.25. The van der Waals surface area contributed by atoms with Crippen LogP contribution in [0.5, 0.6) is 0 Å². The number of hydrogen-bond donors (Lipinski definition) is 0. The van der Waals surface area contributed by atoms with Gasteiger partial charge in [-0.2, -0.15) is 0 Å². The molecule has 2 aliphatic rings. The Labute approximate surface area is 118 Å². The summed E-state index contributed by atoms with van der Waals surface area (Å²) < 4.78 is 0. The van der Waals surface area contributed by atoms with Crippen LogP contribution in [0.15, 0.2) is 0 Å². The van der Waals surface area contributed by atoms with Gasteiger partial charge in [0.2, 0.25) is 5.91 Å². The Balaban J connectivity index is 1.91. The van der Waals surface area contributed by atoms with Crippen molar-refractivity contribution in [1.82, 2.24) is 9.80 Å². The van der Waals surface area contributed by atoms with Gasteiger partial charge in [0, 0.05) is 24.5 Å². The van der Waals surface area contributed by atoms with Gasteiger partial charge in [-0.05, 0) is 58.5 Å². The maximum Gasteiger partial charge on any atom is 0.226 e. The van der Waals surface area contributed by atoms with Gasteiger partial charge in [0.05, 0.1) is 0 Å². The monoisotopic (exact) mass is 266 g/mol. The van der Waals surface area contributed by atoms with E-state index in [0.29, 0.717) is 23.9 Å². The SMILES string of the molecule is CC(C)CCN(C(=O)[C@H]1CCN(C)[C@@H](C)C1)C1CC1. The molecule has 0 bridgehead atoms. The third-order valence-electron chi connectivity index (χ3n) is 4.78. The van der Waals surface area contributed by atoms with Gasteiger partial charge in [-0.1, -0.05) is 13.8 Å². The van der Waals surface area contributed by atoms with E-state index in [9.17, 15) is 4.79 Å². The topological polar surface area (TPSA) is 23.6 Å². The van der Waals surface area contributed by atoms with Crippen LogP contribution in [-0.2, 0) is 4.79 Å². The van der Waals surface area contributed by atoms with Crippen LogP contribution in [0.4, 0.5) is 0 Å². The highest BCUT2D eigenvalue weighted by Gasteiger charge is 2.37. The van der Waals surface area contributed by atoms with Crippen molar-refractivity contribution < 1.29 is 4.79 Å². The highest BCUT2D eigenvalue weighted by molar-refractivity contribution is 5.79. The normalized spacial score (nSPS) is 28.7. The summed E-state index contributed by atoms with van der Waals surface area (Å²) in [5.74, 6) is 1.41. The fraction of sp³-hybridized carbons (Fsp3) is 0.938. The lowest BCUT2D eigenvalue weighted by Gasteiger charge is -2.37. The molecule has 1 amide bonds. The van der Waals surface area contributed by atoms with Crippen molar-refractivity contribution in [2.45, 2.75) is 65.0 Å². The number of carbonyl (C=O) groups is 1. The summed E-state index contributed by atoms with van der Waals surface area (Å²) in [6.07, 6.45) is 5.69. The molecular weight excluding hydrogens is 236 g/mol. The average molecular weight is 266 g/mol. The van der Waals surface area contributed by atoms with Gasteiger partial charge in [-0.3, -0.25) is 4.79 Å². The van der Waals surface area contributed by atoms with Crippen molar-refractivity contribution in [1.29, 1.82) is 0 Å². The smallest absolute Gasteiger partial charge is 0.226 e. The molecule has 0 radical (unpaired) electrons. The van der Waals surface area contributed by atoms with Crippen molar-refractivity contribution in [3.63, 3.8) is 0 Å². The van der Waals surface area contributed by atoms with Crippen molar-refractivity contribution in [2.24, 2.45) is 11.8 Å². The van der Waals surface area contributed by atoms with Crippen molar-refractivity contribution in [3.8, 4) is 0 Å². The lowest BCUT2D eigenvalue weighted by molar-refractivity contribution is -0.138. The lowest BCUT2D eigenvalue weighted by atomic mass is 9.90. The summed E-state index contributed by atoms with van der Waals surface area (Å²) in [6, 6.07) is 1.12. The Morgan fingerprint density at radius 3 is 2.53 bits per heavy atom. The van der Waals surface area contributed by atoms with Crippen molar-refractivity contribution in [3.05, 3.63) is 0 Å². The molecule has 0 N–H and O–H groups in total. The number of amides is 1. The third-order valence-corrected chi connectivity index (χ3v) is 4.78. The van der Waals surface area contributed by atoms with Crippen LogP contribution in [0, 0.1) is 11.8 Å². The Morgan fingerprint density at radius 2 is 2.00 bits per heavy atom. The number of likely N-dealkylation sites (tertiary alicyclic amines) is 1. The third kappa shape index (κ3) is 3.95. The molecule has 0 spiro atoms. The van der Waals surface area contributed by atoms with Crippen LogP contribution in [0.3, 0.4) is 0 Å². The summed E-state index contributed by atoms with van der Waals surface area (Å²) in [5, 5.41) is 0. The predicted octanol–water partition coefficient (Wildman–Crippen LogP) is 2.75. The van der Waals surface area contributed by atoms with E-state index in [1.165, 1.54) is 12.8 Å². The minimum absolute atomic E-state index is 0.277. The number of piperidine rings is 1. The first-order valence-electron chi connectivity index (χ1n) is 7.99. The van der Waals surface area contributed by atoms with E-state index in [0.717, 1.165) is 32.4 Å². The van der Waals surface area contributed by atoms with Crippen molar-refractivity contribution >= 4 is 5.91 Å². The highest BCUT2D eigenvalue weighted by atomic mass is 16.2. The zero-order valence-corrected chi connectivity index (χ0v) is 13.1. The minimum Gasteiger partial charge on any atom is -0.339 e. The summed E-state index contributed by atoms with van der Waals surface area (Å²) in [4.78, 5) is 17.3. The maximum absolute atomic E-state index is 12.8. The quantitative estimate of drug-likeness (QED) is 0.764. The van der Waals surface area contributed by atoms with Crippen LogP contribution < -0.4 is 0 Å². The molecule has 3 heteroatoms. The first kappa shape index (κ1) is 14.8. The summed E-state index contributed by atoms with van der Waals surface area (Å²) in [6.45, 7) is 8.78. The number of rotatable bonds is 5. The zero-order valence-electron chi connectivity index (χ0n) is 13.1. The highest BCUT2D eigenvalue weighted by Crippen LogP contribution is 2.31. The first-order valence-corrected chi connectivity index (χ1v) is 7.99. The Morgan fingerprint density at radius 1 is 1.32 bits per heavy atom. The molecule has 2 fully saturated rings. The Bertz CT molecular complexity index is 312. The summed E-state index contributed by atoms with van der Waals surface area (Å²) >= 11 is 0. The second-order valence-electron chi connectivity index (χ2n) is 7.00. The molecule has 2 atom stereocenters. The van der Waals surface area contributed by atoms with E-state index >= 15 is 0 Å². The van der Waals surface area contributed by atoms with E-state index in [1.54, 1.807) is 0 Å². The molecule has 1 saturated heterocycles. The van der Waals surface area contributed by atoms with Crippen LogP contribution in [0.1, 0.15) is 52.9 Å².